The molecular weight excluding hydrogens is 295 g/mol. The van der Waals surface area contributed by atoms with E-state index >= 15 is 0 Å². The van der Waals surface area contributed by atoms with Gasteiger partial charge in [-0.15, -0.1) is 11.3 Å². The summed E-state index contributed by atoms with van der Waals surface area (Å²) in [5.74, 6) is 1.51. The zero-order valence-corrected chi connectivity index (χ0v) is 13.2. The van der Waals surface area contributed by atoms with Crippen LogP contribution in [0.4, 0.5) is 0 Å². The Bertz CT molecular complexity index is 506. The van der Waals surface area contributed by atoms with Gasteiger partial charge in [0.2, 0.25) is 0 Å². The van der Waals surface area contributed by atoms with Crippen LogP contribution in [0, 0.1) is 0 Å². The van der Waals surface area contributed by atoms with E-state index in [0.29, 0.717) is 13.0 Å². The van der Waals surface area contributed by atoms with Crippen molar-refractivity contribution in [2.45, 2.75) is 38.2 Å². The first-order valence-electron chi connectivity index (χ1n) is 6.35. The molecule has 0 amide bonds. The van der Waals surface area contributed by atoms with Gasteiger partial charge < -0.3 is 10.9 Å². The summed E-state index contributed by atoms with van der Waals surface area (Å²) >= 11 is 1.56. The zero-order chi connectivity index (χ0) is 13.7. The minimum absolute atomic E-state index is 0. The zero-order valence-electron chi connectivity index (χ0n) is 12.6. The van der Waals surface area contributed by atoms with Gasteiger partial charge in [-0.2, -0.15) is 8.42 Å². The molecule has 0 aliphatic carbocycles. The third kappa shape index (κ3) is 6.06. The third-order valence-electron chi connectivity index (χ3n) is 2.99. The van der Waals surface area contributed by atoms with Gasteiger partial charge in [0, 0.05) is 10.8 Å². The van der Waals surface area contributed by atoms with Gasteiger partial charge in [0.05, 0.1) is 5.75 Å². The van der Waals surface area contributed by atoms with Crippen molar-refractivity contribution >= 4 is 21.5 Å². The number of fused-ring (bicyclic) bond motifs is 1. The monoisotopic (exact) mass is 314 g/mol. The molecule has 2 heterocycles. The van der Waals surface area contributed by atoms with Crippen molar-refractivity contribution in [1.82, 2.24) is 0 Å². The second-order valence-corrected chi connectivity index (χ2v) is 6.96. The van der Waals surface area contributed by atoms with Crippen LogP contribution in [0.2, 0.25) is 0 Å². The number of thiophene rings is 1. The van der Waals surface area contributed by atoms with Crippen molar-refractivity contribution in [3.8, 4) is 11.5 Å². The molecule has 5 nitrogen and oxygen atoms in total. The van der Waals surface area contributed by atoms with E-state index in [-0.39, 0.29) is 32.1 Å². The van der Waals surface area contributed by atoms with E-state index < -0.39 is 10.1 Å². The van der Waals surface area contributed by atoms with E-state index in [1.54, 1.807) is 11.3 Å². The minimum atomic E-state index is -3.80. The fourth-order valence-electron chi connectivity index (χ4n) is 2.01. The molecule has 1 aromatic heterocycles. The van der Waals surface area contributed by atoms with Crippen molar-refractivity contribution in [3.63, 3.8) is 0 Å². The van der Waals surface area contributed by atoms with Crippen molar-refractivity contribution in [3.05, 3.63) is 10.8 Å². The topological polar surface area (TPSA) is 72.8 Å². The first-order chi connectivity index (χ1) is 9.04. The molecule has 0 bridgehead atoms. The minimum Gasteiger partial charge on any atom is -1.00 e. The molecule has 1 unspecified atom stereocenters. The second-order valence-electron chi connectivity index (χ2n) is 4.64. The number of unbranched alkanes of at least 4 members (excludes halogenated alkanes) is 3. The normalized spacial score (nSPS) is 17.6. The number of hydrogen-bond acceptors (Lipinski definition) is 5. The standard InChI is InChI=1S/C12H18O5S2.Li.H/c13-19(14,15)6-4-2-1-3-5-10-7-16-11-8-18-9-12(11)17-10;;/h8-10H,1-7H2,(H,13,14,15);;/q;+1;-1. The Kier molecular flexibility index (Phi) is 7.41. The average molecular weight is 314 g/mol. The largest absolute Gasteiger partial charge is 1.00 e. The van der Waals surface area contributed by atoms with Gasteiger partial charge >= 0.3 is 18.9 Å². The number of ether oxygens (including phenoxy) is 2. The maximum absolute atomic E-state index is 10.5. The van der Waals surface area contributed by atoms with E-state index in [2.05, 4.69) is 0 Å². The summed E-state index contributed by atoms with van der Waals surface area (Å²) in [5.41, 5.74) is 0. The van der Waals surface area contributed by atoms with Gasteiger partial charge in [0.25, 0.3) is 10.1 Å². The van der Waals surface area contributed by atoms with E-state index in [9.17, 15) is 8.42 Å². The van der Waals surface area contributed by atoms with E-state index in [1.807, 2.05) is 10.8 Å². The molecule has 0 saturated heterocycles. The molecule has 1 aliphatic heterocycles. The van der Waals surface area contributed by atoms with E-state index in [1.165, 1.54) is 0 Å². The summed E-state index contributed by atoms with van der Waals surface area (Å²) in [7, 11) is -3.80. The van der Waals surface area contributed by atoms with E-state index in [0.717, 1.165) is 37.2 Å². The van der Waals surface area contributed by atoms with Crippen molar-refractivity contribution in [1.29, 1.82) is 0 Å². The fourth-order valence-corrected chi connectivity index (χ4v) is 3.25. The van der Waals surface area contributed by atoms with Crippen molar-refractivity contribution < 1.29 is 42.7 Å². The van der Waals surface area contributed by atoms with Gasteiger partial charge in [-0.3, -0.25) is 4.55 Å². The Labute approximate surface area is 137 Å². The van der Waals surface area contributed by atoms with Crippen LogP contribution in [-0.2, 0) is 10.1 Å². The molecule has 20 heavy (non-hydrogen) atoms. The fraction of sp³-hybridized carbons (Fsp3) is 0.667. The Morgan fingerprint density at radius 1 is 1.25 bits per heavy atom. The molecule has 1 atom stereocenters. The van der Waals surface area contributed by atoms with Crippen LogP contribution >= 0.6 is 11.3 Å². The molecule has 0 radical (unpaired) electrons. The molecule has 2 rings (SSSR count). The van der Waals surface area contributed by atoms with Gasteiger partial charge in [0.15, 0.2) is 11.5 Å². The average Bonchev–Trinajstić information content (AvgIpc) is 2.79. The van der Waals surface area contributed by atoms with Gasteiger partial charge in [-0.25, -0.2) is 0 Å². The molecular formula is C12H19LiO5S2. The molecule has 1 aliphatic rings. The Morgan fingerprint density at radius 2 is 1.95 bits per heavy atom. The molecule has 0 spiro atoms. The van der Waals surface area contributed by atoms with Gasteiger partial charge in [-0.1, -0.05) is 12.8 Å². The maximum Gasteiger partial charge on any atom is 1.00 e. The summed E-state index contributed by atoms with van der Waals surface area (Å²) in [5, 5.41) is 3.87. The van der Waals surface area contributed by atoms with Crippen LogP contribution in [0.5, 0.6) is 11.5 Å². The predicted molar refractivity (Wildman–Crippen MR) is 74.8 cm³/mol. The second kappa shape index (κ2) is 8.30. The van der Waals surface area contributed by atoms with Gasteiger partial charge in [-0.05, 0) is 19.3 Å². The molecule has 1 N–H and O–H groups in total. The van der Waals surface area contributed by atoms with Gasteiger partial charge in [0.1, 0.15) is 12.7 Å². The molecule has 0 fully saturated rings. The van der Waals surface area contributed by atoms with Crippen LogP contribution < -0.4 is 28.3 Å². The maximum atomic E-state index is 10.5. The Hall–Kier alpha value is -0.193. The van der Waals surface area contributed by atoms with Crippen LogP contribution in [0.1, 0.15) is 33.5 Å². The smallest absolute Gasteiger partial charge is 1.00 e. The SMILES string of the molecule is O=S(=O)(O)CCCCCCC1COc2cscc2O1.[H-].[Li+]. The predicted octanol–water partition coefficient (Wildman–Crippen LogP) is -0.157. The summed E-state index contributed by atoms with van der Waals surface area (Å²) < 4.78 is 41.0. The first-order valence-corrected chi connectivity index (χ1v) is 8.90. The molecule has 8 heteroatoms. The Balaban J connectivity index is 0.00000200. The van der Waals surface area contributed by atoms with Crippen LogP contribution in [0.25, 0.3) is 0 Å². The first kappa shape index (κ1) is 17.9. The third-order valence-corrected chi connectivity index (χ3v) is 4.49. The number of hydrogen-bond donors (Lipinski definition) is 1. The van der Waals surface area contributed by atoms with Crippen molar-refractivity contribution in [2.75, 3.05) is 12.4 Å². The quantitative estimate of drug-likeness (QED) is 0.430. The summed E-state index contributed by atoms with van der Waals surface area (Å²) in [6.45, 7) is 0.578. The molecule has 1 aromatic rings. The van der Waals surface area contributed by atoms with Crippen LogP contribution in [0.15, 0.2) is 10.8 Å². The van der Waals surface area contributed by atoms with Crippen LogP contribution in [-0.4, -0.2) is 31.4 Å². The van der Waals surface area contributed by atoms with E-state index in [4.69, 9.17) is 14.0 Å². The van der Waals surface area contributed by atoms with Crippen molar-refractivity contribution in [2.24, 2.45) is 0 Å². The Morgan fingerprint density at radius 3 is 2.70 bits per heavy atom. The molecule has 0 saturated carbocycles. The molecule has 0 aromatic carbocycles. The number of rotatable bonds is 7. The summed E-state index contributed by atoms with van der Waals surface area (Å²) in [6, 6.07) is 0. The molecule has 110 valence electrons. The summed E-state index contributed by atoms with van der Waals surface area (Å²) in [6.07, 6.45) is 4.21. The van der Waals surface area contributed by atoms with Crippen LogP contribution in [0.3, 0.4) is 0 Å². The summed E-state index contributed by atoms with van der Waals surface area (Å²) in [4.78, 5) is 0.